The Hall–Kier alpha value is -1.14. The number of hydrogen-bond donors (Lipinski definition) is 0. The Bertz CT molecular complexity index is 492. The normalized spacial score (nSPS) is 13.5. The van der Waals surface area contributed by atoms with Crippen LogP contribution in [0.3, 0.4) is 0 Å². The van der Waals surface area contributed by atoms with Crippen LogP contribution in [0, 0.1) is 0 Å². The second-order valence-corrected chi connectivity index (χ2v) is 18.1. The van der Waals surface area contributed by atoms with Crippen LogP contribution in [-0.4, -0.2) is 22.1 Å². The molecule has 116 valence electrons. The number of rotatable bonds is 5. The zero-order valence-corrected chi connectivity index (χ0v) is 16.4. The highest BCUT2D eigenvalue weighted by Gasteiger charge is 2.32. The highest BCUT2D eigenvalue weighted by atomic mass is 28.4. The molecule has 1 aromatic rings. The fraction of sp³-hybridized carbons (Fsp3) is 0.471. The predicted octanol–water partition coefficient (Wildman–Crippen LogP) is 4.97. The molecular weight excluding hydrogens is 292 g/mol. The van der Waals surface area contributed by atoms with E-state index in [-0.39, 0.29) is 12.1 Å². The van der Waals surface area contributed by atoms with Gasteiger partial charge in [-0.05, 0) is 11.6 Å². The predicted molar refractivity (Wildman–Crippen MR) is 95.7 cm³/mol. The molecule has 0 amide bonds. The summed E-state index contributed by atoms with van der Waals surface area (Å²) in [7, 11) is -2.87. The molecule has 0 radical (unpaired) electrons. The molecule has 0 spiro atoms. The smallest absolute Gasteiger partial charge is 0.303 e. The fourth-order valence-corrected chi connectivity index (χ4v) is 13.1. The number of ether oxygens (including phenoxy) is 1. The van der Waals surface area contributed by atoms with Crippen molar-refractivity contribution in [1.29, 1.82) is 0 Å². The molecule has 0 heterocycles. The Morgan fingerprint density at radius 3 is 1.86 bits per heavy atom. The van der Waals surface area contributed by atoms with E-state index in [1.807, 2.05) is 30.3 Å². The lowest BCUT2D eigenvalue weighted by Crippen LogP contribution is -2.40. The van der Waals surface area contributed by atoms with Crippen LogP contribution in [0.15, 0.2) is 41.2 Å². The van der Waals surface area contributed by atoms with Crippen molar-refractivity contribution in [2.75, 3.05) is 0 Å². The Balaban J connectivity index is 3.31. The molecule has 0 aliphatic rings. The van der Waals surface area contributed by atoms with Crippen LogP contribution < -0.4 is 0 Å². The minimum absolute atomic E-state index is 0.231. The molecule has 0 aromatic heterocycles. The third-order valence-corrected chi connectivity index (χ3v) is 11.4. The van der Waals surface area contributed by atoms with Gasteiger partial charge in [0.1, 0.15) is 6.10 Å². The number of carbonyl (C=O) groups excluding carboxylic acids is 1. The Labute approximate surface area is 131 Å². The summed E-state index contributed by atoms with van der Waals surface area (Å²) in [5.74, 6) is -0.231. The molecule has 1 aromatic carbocycles. The third-order valence-electron chi connectivity index (χ3n) is 3.36. The van der Waals surface area contributed by atoms with Crippen molar-refractivity contribution < 1.29 is 9.53 Å². The van der Waals surface area contributed by atoms with Gasteiger partial charge in [-0.15, -0.1) is 0 Å². The van der Waals surface area contributed by atoms with Gasteiger partial charge in [0.2, 0.25) is 0 Å². The van der Waals surface area contributed by atoms with Gasteiger partial charge >= 0.3 is 5.97 Å². The summed E-state index contributed by atoms with van der Waals surface area (Å²) < 4.78 is 5.59. The average molecular weight is 321 g/mol. The summed E-state index contributed by atoms with van der Waals surface area (Å²) in [5, 5.41) is 0. The van der Waals surface area contributed by atoms with Gasteiger partial charge < -0.3 is 4.74 Å². The van der Waals surface area contributed by atoms with Gasteiger partial charge in [-0.1, -0.05) is 74.4 Å². The van der Waals surface area contributed by atoms with Crippen molar-refractivity contribution in [3.8, 4) is 0 Å². The SMILES string of the molecule is CC(=O)OC(C=C([Si](C)(C)C)[Si](C)(C)C)c1ccccc1. The highest BCUT2D eigenvalue weighted by molar-refractivity contribution is 7.04. The first-order valence-electron chi connectivity index (χ1n) is 7.47. The van der Waals surface area contributed by atoms with E-state index in [1.54, 1.807) is 4.82 Å². The van der Waals surface area contributed by atoms with Crippen LogP contribution in [-0.2, 0) is 9.53 Å². The molecule has 0 bridgehead atoms. The molecule has 0 N–H and O–H groups in total. The molecule has 4 heteroatoms. The minimum atomic E-state index is -1.44. The van der Waals surface area contributed by atoms with Gasteiger partial charge in [0, 0.05) is 6.92 Å². The summed E-state index contributed by atoms with van der Waals surface area (Å²) in [5.41, 5.74) is 1.04. The zero-order chi connectivity index (χ0) is 16.3. The zero-order valence-electron chi connectivity index (χ0n) is 14.4. The van der Waals surface area contributed by atoms with E-state index in [0.717, 1.165) is 5.56 Å². The fourth-order valence-electron chi connectivity index (χ4n) is 2.80. The van der Waals surface area contributed by atoms with Crippen LogP contribution in [0.4, 0.5) is 0 Å². The molecule has 21 heavy (non-hydrogen) atoms. The number of benzene rings is 1. The van der Waals surface area contributed by atoms with Crippen molar-refractivity contribution in [1.82, 2.24) is 0 Å². The van der Waals surface area contributed by atoms with Crippen LogP contribution in [0.1, 0.15) is 18.6 Å². The molecule has 0 saturated carbocycles. The Morgan fingerprint density at radius 2 is 1.48 bits per heavy atom. The number of carbonyl (C=O) groups is 1. The summed E-state index contributed by atoms with van der Waals surface area (Å²) in [4.78, 5) is 13.0. The number of hydrogen-bond acceptors (Lipinski definition) is 2. The molecule has 0 aliphatic heterocycles. The lowest BCUT2D eigenvalue weighted by molar-refractivity contribution is -0.144. The van der Waals surface area contributed by atoms with Crippen molar-refractivity contribution in [2.24, 2.45) is 0 Å². The molecule has 0 aliphatic carbocycles. The standard InChI is InChI=1S/C17H28O2Si2/c1-14(18)19-16(15-11-9-8-10-12-15)13-17(20(2,3)4)21(5,6)7/h8-13,16H,1-7H3. The van der Waals surface area contributed by atoms with E-state index >= 15 is 0 Å². The molecular formula is C17H28O2Si2. The van der Waals surface area contributed by atoms with E-state index in [1.165, 1.54) is 6.92 Å². The van der Waals surface area contributed by atoms with Gasteiger partial charge in [0.25, 0.3) is 0 Å². The topological polar surface area (TPSA) is 26.3 Å². The molecule has 1 rings (SSSR count). The summed E-state index contributed by atoms with van der Waals surface area (Å²) in [6.45, 7) is 15.7. The van der Waals surface area contributed by atoms with Gasteiger partial charge in [0.05, 0.1) is 16.1 Å². The van der Waals surface area contributed by atoms with E-state index in [4.69, 9.17) is 4.74 Å². The maximum atomic E-state index is 11.5. The summed E-state index contributed by atoms with van der Waals surface area (Å²) in [6, 6.07) is 10.0. The lowest BCUT2D eigenvalue weighted by Gasteiger charge is -2.32. The average Bonchev–Trinajstić information content (AvgIpc) is 2.32. The van der Waals surface area contributed by atoms with E-state index < -0.39 is 16.1 Å². The largest absolute Gasteiger partial charge is 0.453 e. The van der Waals surface area contributed by atoms with Gasteiger partial charge in [-0.2, -0.15) is 0 Å². The van der Waals surface area contributed by atoms with Crippen LogP contribution in [0.5, 0.6) is 0 Å². The molecule has 1 unspecified atom stereocenters. The van der Waals surface area contributed by atoms with Gasteiger partial charge in [-0.3, -0.25) is 4.79 Å². The van der Waals surface area contributed by atoms with Gasteiger partial charge in [0.15, 0.2) is 0 Å². The van der Waals surface area contributed by atoms with Crippen LogP contribution >= 0.6 is 0 Å². The Morgan fingerprint density at radius 1 is 1.00 bits per heavy atom. The van der Waals surface area contributed by atoms with Crippen molar-refractivity contribution >= 4 is 22.1 Å². The van der Waals surface area contributed by atoms with E-state index in [2.05, 4.69) is 45.4 Å². The highest BCUT2D eigenvalue weighted by Crippen LogP contribution is 2.30. The first kappa shape index (κ1) is 17.9. The minimum Gasteiger partial charge on any atom is -0.453 e. The van der Waals surface area contributed by atoms with Crippen molar-refractivity contribution in [3.05, 3.63) is 46.8 Å². The van der Waals surface area contributed by atoms with Crippen molar-refractivity contribution in [2.45, 2.75) is 52.3 Å². The first-order chi connectivity index (χ1) is 9.51. The van der Waals surface area contributed by atoms with Crippen LogP contribution in [0.25, 0.3) is 0 Å². The Kier molecular flexibility index (Phi) is 5.76. The quantitative estimate of drug-likeness (QED) is 0.565. The second kappa shape index (κ2) is 6.75. The molecule has 0 saturated heterocycles. The van der Waals surface area contributed by atoms with E-state index in [0.29, 0.717) is 0 Å². The first-order valence-corrected chi connectivity index (χ1v) is 14.5. The van der Waals surface area contributed by atoms with Gasteiger partial charge in [-0.25, -0.2) is 0 Å². The van der Waals surface area contributed by atoms with E-state index in [9.17, 15) is 4.79 Å². The van der Waals surface area contributed by atoms with Crippen LogP contribution in [0.2, 0.25) is 39.3 Å². The van der Waals surface area contributed by atoms with Crippen molar-refractivity contribution in [3.63, 3.8) is 0 Å². The molecule has 0 fully saturated rings. The molecule has 1 atom stereocenters. The summed E-state index contributed by atoms with van der Waals surface area (Å²) in [6.07, 6.45) is 1.96. The lowest BCUT2D eigenvalue weighted by atomic mass is 10.1. The second-order valence-electron chi connectivity index (χ2n) is 7.52. The third kappa shape index (κ3) is 5.63. The summed E-state index contributed by atoms with van der Waals surface area (Å²) >= 11 is 0. The molecule has 2 nitrogen and oxygen atoms in total. The maximum Gasteiger partial charge on any atom is 0.303 e. The maximum absolute atomic E-state index is 11.5. The monoisotopic (exact) mass is 320 g/mol. The number of esters is 1.